The molecule has 0 aromatic heterocycles. The molecule has 1 saturated heterocycles. The molecule has 1 atom stereocenters. The van der Waals surface area contributed by atoms with Crippen LogP contribution in [-0.2, 0) is 4.79 Å². The summed E-state index contributed by atoms with van der Waals surface area (Å²) >= 11 is 2.20. The summed E-state index contributed by atoms with van der Waals surface area (Å²) in [7, 11) is 0. The second-order valence-corrected chi connectivity index (χ2v) is 7.83. The number of benzene rings is 2. The Morgan fingerprint density at radius 2 is 1.59 bits per heavy atom. The van der Waals surface area contributed by atoms with Gasteiger partial charge in [0.15, 0.2) is 0 Å². The van der Waals surface area contributed by atoms with Crippen LogP contribution >= 0.6 is 22.6 Å². The van der Waals surface area contributed by atoms with Gasteiger partial charge in [0.05, 0.1) is 5.56 Å². The monoisotopic (exact) mass is 478 g/mol. The van der Waals surface area contributed by atoms with Gasteiger partial charge in [0, 0.05) is 42.2 Å². The zero-order chi connectivity index (χ0) is 19.2. The molecule has 0 unspecified atom stereocenters. The predicted octanol–water partition coefficient (Wildman–Crippen LogP) is 3.66. The third kappa shape index (κ3) is 5.07. The van der Waals surface area contributed by atoms with Crippen molar-refractivity contribution in [2.75, 3.05) is 26.2 Å². The number of piperazine rings is 1. The first kappa shape index (κ1) is 19.8. The number of nitrogens with zero attached hydrogens (tertiary/aromatic N) is 2. The predicted molar refractivity (Wildman–Crippen MR) is 113 cm³/mol. The first-order chi connectivity index (χ1) is 13.1. The van der Waals surface area contributed by atoms with Crippen LogP contribution in [-0.4, -0.2) is 53.0 Å². The van der Waals surface area contributed by atoms with Crippen LogP contribution in [0.3, 0.4) is 0 Å². The molecule has 142 valence electrons. The lowest BCUT2D eigenvalue weighted by Gasteiger charge is -2.39. The summed E-state index contributed by atoms with van der Waals surface area (Å²) in [6, 6.07) is 17.8. The maximum absolute atomic E-state index is 12.8. The Morgan fingerprint density at radius 3 is 2.22 bits per heavy atom. The zero-order valence-corrected chi connectivity index (χ0v) is 17.2. The van der Waals surface area contributed by atoms with Gasteiger partial charge in [-0.05, 0) is 46.7 Å². The molecule has 1 amide bonds. The molecule has 2 aromatic rings. The highest BCUT2D eigenvalue weighted by Gasteiger charge is 2.28. The number of carbonyl (C=O) groups is 2. The minimum absolute atomic E-state index is 0.0661. The molecular formula is C21H23IN2O3. The number of hydrogen-bond donors (Lipinski definition) is 1. The van der Waals surface area contributed by atoms with Crippen LogP contribution in [0.1, 0.15) is 34.8 Å². The van der Waals surface area contributed by atoms with Crippen LogP contribution < -0.4 is 0 Å². The molecule has 27 heavy (non-hydrogen) atoms. The summed E-state index contributed by atoms with van der Waals surface area (Å²) in [5, 5.41) is 9.10. The Balaban J connectivity index is 1.67. The van der Waals surface area contributed by atoms with E-state index in [0.29, 0.717) is 19.5 Å². The lowest BCUT2D eigenvalue weighted by atomic mass is 9.99. The van der Waals surface area contributed by atoms with E-state index in [1.165, 1.54) is 0 Å². The lowest BCUT2D eigenvalue weighted by molar-refractivity contribution is -0.137. The van der Waals surface area contributed by atoms with Gasteiger partial charge in [-0.25, -0.2) is 0 Å². The quantitative estimate of drug-likeness (QED) is 0.645. The molecule has 1 aliphatic rings. The number of halogens is 1. The normalized spacial score (nSPS) is 16.1. The van der Waals surface area contributed by atoms with E-state index < -0.39 is 5.97 Å². The molecule has 0 aliphatic carbocycles. The smallest absolute Gasteiger partial charge is 0.303 e. The van der Waals surface area contributed by atoms with Gasteiger partial charge in [0.1, 0.15) is 0 Å². The lowest BCUT2D eigenvalue weighted by Crippen LogP contribution is -2.49. The Labute approximate surface area is 173 Å². The molecule has 3 rings (SSSR count). The SMILES string of the molecule is O=C(O)CC[C@@H](c1ccccc1)N1CCN(C(=O)c2ccccc2I)CC1. The number of amides is 1. The van der Waals surface area contributed by atoms with E-state index in [4.69, 9.17) is 5.11 Å². The van der Waals surface area contributed by atoms with Crippen molar-refractivity contribution >= 4 is 34.5 Å². The molecule has 6 heteroatoms. The molecule has 0 spiro atoms. The Kier molecular flexibility index (Phi) is 6.84. The topological polar surface area (TPSA) is 60.9 Å². The van der Waals surface area contributed by atoms with E-state index in [1.807, 2.05) is 47.4 Å². The molecule has 1 heterocycles. The van der Waals surface area contributed by atoms with Crippen LogP contribution in [0.4, 0.5) is 0 Å². The number of carbonyl (C=O) groups excluding carboxylic acids is 1. The van der Waals surface area contributed by atoms with E-state index >= 15 is 0 Å². The minimum atomic E-state index is -0.775. The molecule has 1 N–H and O–H groups in total. The molecule has 1 fully saturated rings. The number of hydrogen-bond acceptors (Lipinski definition) is 3. The fourth-order valence-corrected chi connectivity index (χ4v) is 4.16. The number of rotatable bonds is 6. The minimum Gasteiger partial charge on any atom is -0.481 e. The van der Waals surface area contributed by atoms with Crippen molar-refractivity contribution in [3.8, 4) is 0 Å². The molecule has 0 saturated carbocycles. The standard InChI is InChI=1S/C21H23IN2O3/c22-18-9-5-4-8-17(18)21(27)24-14-12-23(13-15-24)19(10-11-20(25)26)16-6-2-1-3-7-16/h1-9,19H,10-15H2,(H,25,26)/t19-/m0/s1. The van der Waals surface area contributed by atoms with E-state index in [0.717, 1.165) is 27.8 Å². The average molecular weight is 478 g/mol. The molecular weight excluding hydrogens is 455 g/mol. The molecule has 5 nitrogen and oxygen atoms in total. The van der Waals surface area contributed by atoms with Crippen LogP contribution in [0.5, 0.6) is 0 Å². The van der Waals surface area contributed by atoms with Crippen molar-refractivity contribution < 1.29 is 14.7 Å². The number of carboxylic acid groups (broad SMARTS) is 1. The second kappa shape index (κ2) is 9.32. The third-order valence-corrected chi connectivity index (χ3v) is 5.90. The van der Waals surface area contributed by atoms with Gasteiger partial charge in [-0.3, -0.25) is 14.5 Å². The largest absolute Gasteiger partial charge is 0.481 e. The van der Waals surface area contributed by atoms with Crippen LogP contribution in [0.25, 0.3) is 0 Å². The van der Waals surface area contributed by atoms with E-state index in [2.05, 4.69) is 39.6 Å². The van der Waals surface area contributed by atoms with Crippen LogP contribution in [0.15, 0.2) is 54.6 Å². The summed E-state index contributed by atoms with van der Waals surface area (Å²) in [5.74, 6) is -0.704. The number of carboxylic acids is 1. The summed E-state index contributed by atoms with van der Waals surface area (Å²) in [6.07, 6.45) is 0.713. The maximum Gasteiger partial charge on any atom is 0.303 e. The highest BCUT2D eigenvalue weighted by atomic mass is 127. The fourth-order valence-electron chi connectivity index (χ4n) is 3.54. The Bertz CT molecular complexity index is 789. The highest BCUT2D eigenvalue weighted by molar-refractivity contribution is 14.1. The van der Waals surface area contributed by atoms with Gasteiger partial charge in [-0.1, -0.05) is 42.5 Å². The molecule has 0 radical (unpaired) electrons. The van der Waals surface area contributed by atoms with E-state index in [-0.39, 0.29) is 18.4 Å². The van der Waals surface area contributed by atoms with E-state index in [9.17, 15) is 9.59 Å². The van der Waals surface area contributed by atoms with Crippen molar-refractivity contribution in [3.05, 3.63) is 69.3 Å². The van der Waals surface area contributed by atoms with Gasteiger partial charge in [-0.2, -0.15) is 0 Å². The van der Waals surface area contributed by atoms with Crippen molar-refractivity contribution in [1.29, 1.82) is 0 Å². The third-order valence-electron chi connectivity index (χ3n) is 4.96. The van der Waals surface area contributed by atoms with Crippen molar-refractivity contribution in [2.24, 2.45) is 0 Å². The summed E-state index contributed by atoms with van der Waals surface area (Å²) in [5.41, 5.74) is 1.88. The van der Waals surface area contributed by atoms with Crippen LogP contribution in [0.2, 0.25) is 0 Å². The summed E-state index contributed by atoms with van der Waals surface area (Å²) in [4.78, 5) is 28.1. The molecule has 0 bridgehead atoms. The van der Waals surface area contributed by atoms with Gasteiger partial charge in [0.25, 0.3) is 5.91 Å². The van der Waals surface area contributed by atoms with Gasteiger partial charge >= 0.3 is 5.97 Å². The second-order valence-electron chi connectivity index (χ2n) is 6.67. The average Bonchev–Trinajstić information content (AvgIpc) is 2.69. The zero-order valence-electron chi connectivity index (χ0n) is 15.1. The van der Waals surface area contributed by atoms with Crippen molar-refractivity contribution in [1.82, 2.24) is 9.80 Å². The Hall–Kier alpha value is -1.93. The van der Waals surface area contributed by atoms with Gasteiger partial charge < -0.3 is 10.0 Å². The van der Waals surface area contributed by atoms with Gasteiger partial charge in [-0.15, -0.1) is 0 Å². The van der Waals surface area contributed by atoms with E-state index in [1.54, 1.807) is 0 Å². The molecule has 2 aromatic carbocycles. The summed E-state index contributed by atoms with van der Waals surface area (Å²) < 4.78 is 0.964. The Morgan fingerprint density at radius 1 is 0.963 bits per heavy atom. The van der Waals surface area contributed by atoms with Gasteiger partial charge in [0.2, 0.25) is 0 Å². The number of aliphatic carboxylic acids is 1. The van der Waals surface area contributed by atoms with Crippen molar-refractivity contribution in [3.63, 3.8) is 0 Å². The first-order valence-electron chi connectivity index (χ1n) is 9.11. The first-order valence-corrected chi connectivity index (χ1v) is 10.2. The van der Waals surface area contributed by atoms with Crippen LogP contribution in [0, 0.1) is 3.57 Å². The summed E-state index contributed by atoms with van der Waals surface area (Å²) in [6.45, 7) is 2.79. The maximum atomic E-state index is 12.8. The highest BCUT2D eigenvalue weighted by Crippen LogP contribution is 2.27. The van der Waals surface area contributed by atoms with Crippen molar-refractivity contribution in [2.45, 2.75) is 18.9 Å². The molecule has 1 aliphatic heterocycles. The fraction of sp³-hybridized carbons (Fsp3) is 0.333.